The van der Waals surface area contributed by atoms with E-state index in [1.807, 2.05) is 13.0 Å². The van der Waals surface area contributed by atoms with E-state index in [9.17, 15) is 0 Å². The van der Waals surface area contributed by atoms with Crippen LogP contribution in [0.4, 0.5) is 0 Å². The second-order valence-corrected chi connectivity index (χ2v) is 3.27. The third kappa shape index (κ3) is 1.69. The Morgan fingerprint density at radius 1 is 1.43 bits per heavy atom. The van der Waals surface area contributed by atoms with Gasteiger partial charge in [-0.15, -0.1) is 0 Å². The maximum Gasteiger partial charge on any atom is 0.225 e. The van der Waals surface area contributed by atoms with Gasteiger partial charge in [-0.05, 0) is 42.7 Å². The number of rotatable bonds is 2. The molecule has 1 aromatic heterocycles. The lowest BCUT2D eigenvalue weighted by molar-refractivity contribution is 0.574. The molecule has 0 amide bonds. The summed E-state index contributed by atoms with van der Waals surface area (Å²) in [5, 5.41) is 0. The van der Waals surface area contributed by atoms with Gasteiger partial charge in [0.1, 0.15) is 6.26 Å². The highest BCUT2D eigenvalue weighted by molar-refractivity contribution is 5.55. The van der Waals surface area contributed by atoms with Crippen LogP contribution in [0.25, 0.3) is 11.5 Å². The molecule has 2 heteroatoms. The Kier molecular flexibility index (Phi) is 2.35. The predicted octanol–water partition coefficient (Wildman–Crippen LogP) is 3.01. The minimum atomic E-state index is 0.678. The van der Waals surface area contributed by atoms with Crippen molar-refractivity contribution < 1.29 is 4.42 Å². The van der Waals surface area contributed by atoms with Gasteiger partial charge in [0.05, 0.1) is 6.20 Å². The molecule has 0 fully saturated rings. The fraction of sp³-hybridized carbons (Fsp3) is 0.250. The molecule has 0 aliphatic carbocycles. The standard InChI is InChI=1S/C12H12NO/c1-3-10-6-9(2)7-11(8-10)12-13-4-5-14-12/h4-5,7-8H,3H2,1-2H3. The molecule has 2 nitrogen and oxygen atoms in total. The number of benzene rings is 1. The predicted molar refractivity (Wildman–Crippen MR) is 54.9 cm³/mol. The number of hydrogen-bond donors (Lipinski definition) is 0. The van der Waals surface area contributed by atoms with Crippen LogP contribution >= 0.6 is 0 Å². The monoisotopic (exact) mass is 186 g/mol. The van der Waals surface area contributed by atoms with Gasteiger partial charge in [-0.1, -0.05) is 6.92 Å². The Balaban J connectivity index is 2.48. The van der Waals surface area contributed by atoms with Crippen molar-refractivity contribution in [3.05, 3.63) is 41.8 Å². The van der Waals surface area contributed by atoms with E-state index in [4.69, 9.17) is 4.42 Å². The fourth-order valence-electron chi connectivity index (χ4n) is 1.47. The van der Waals surface area contributed by atoms with Crippen molar-refractivity contribution in [2.45, 2.75) is 20.3 Å². The van der Waals surface area contributed by atoms with Gasteiger partial charge in [-0.2, -0.15) is 0 Å². The van der Waals surface area contributed by atoms with Gasteiger partial charge in [-0.3, -0.25) is 0 Å². The van der Waals surface area contributed by atoms with Gasteiger partial charge in [0.25, 0.3) is 0 Å². The summed E-state index contributed by atoms with van der Waals surface area (Å²) in [5.74, 6) is 0.678. The van der Waals surface area contributed by atoms with Crippen LogP contribution < -0.4 is 0 Å². The van der Waals surface area contributed by atoms with E-state index in [0.29, 0.717) is 5.89 Å². The zero-order chi connectivity index (χ0) is 9.97. The molecular formula is C12H12NO. The first-order valence-electron chi connectivity index (χ1n) is 4.72. The molecule has 14 heavy (non-hydrogen) atoms. The van der Waals surface area contributed by atoms with E-state index in [-0.39, 0.29) is 0 Å². The summed E-state index contributed by atoms with van der Waals surface area (Å²) in [6.07, 6.45) is 4.23. The first kappa shape index (κ1) is 9.00. The third-order valence-electron chi connectivity index (χ3n) is 2.12. The normalized spacial score (nSPS) is 10.4. The molecule has 1 radical (unpaired) electrons. The molecule has 1 heterocycles. The van der Waals surface area contributed by atoms with Crippen LogP contribution in [0.3, 0.4) is 0 Å². The topological polar surface area (TPSA) is 26.0 Å². The second kappa shape index (κ2) is 3.66. The largest absolute Gasteiger partial charge is 0.445 e. The zero-order valence-electron chi connectivity index (χ0n) is 8.37. The minimum absolute atomic E-state index is 0.678. The van der Waals surface area contributed by atoms with Gasteiger partial charge in [0.15, 0.2) is 0 Å². The number of aromatic nitrogens is 1. The highest BCUT2D eigenvalue weighted by Gasteiger charge is 2.04. The van der Waals surface area contributed by atoms with Crippen LogP contribution in [-0.2, 0) is 6.42 Å². The molecule has 2 rings (SSSR count). The Morgan fingerprint density at radius 3 is 2.93 bits per heavy atom. The third-order valence-corrected chi connectivity index (χ3v) is 2.12. The van der Waals surface area contributed by atoms with E-state index in [1.165, 1.54) is 5.56 Å². The van der Waals surface area contributed by atoms with E-state index in [0.717, 1.165) is 17.5 Å². The van der Waals surface area contributed by atoms with Crippen molar-refractivity contribution in [2.75, 3.05) is 0 Å². The molecule has 0 aliphatic heterocycles. The van der Waals surface area contributed by atoms with Gasteiger partial charge < -0.3 is 4.42 Å². The lowest BCUT2D eigenvalue weighted by Gasteiger charge is -2.01. The Hall–Kier alpha value is -1.57. The number of oxazole rings is 1. The van der Waals surface area contributed by atoms with Gasteiger partial charge in [0.2, 0.25) is 5.89 Å². The van der Waals surface area contributed by atoms with E-state index < -0.39 is 0 Å². The lowest BCUT2D eigenvalue weighted by Crippen LogP contribution is -1.86. The van der Waals surface area contributed by atoms with Crippen LogP contribution in [0.1, 0.15) is 18.1 Å². The van der Waals surface area contributed by atoms with Crippen LogP contribution in [-0.4, -0.2) is 4.98 Å². The Morgan fingerprint density at radius 2 is 2.29 bits per heavy atom. The number of nitrogens with zero attached hydrogens (tertiary/aromatic N) is 1. The molecule has 0 bridgehead atoms. The summed E-state index contributed by atoms with van der Waals surface area (Å²) in [7, 11) is 0. The number of hydrogen-bond acceptors (Lipinski definition) is 2. The molecule has 0 spiro atoms. The molecular weight excluding hydrogens is 174 g/mol. The first-order valence-corrected chi connectivity index (χ1v) is 4.72. The zero-order valence-corrected chi connectivity index (χ0v) is 8.37. The summed E-state index contributed by atoms with van der Waals surface area (Å²) in [6, 6.07) is 7.39. The van der Waals surface area contributed by atoms with E-state index >= 15 is 0 Å². The van der Waals surface area contributed by atoms with Crippen LogP contribution in [0.15, 0.2) is 29.0 Å². The lowest BCUT2D eigenvalue weighted by atomic mass is 10.0. The summed E-state index contributed by atoms with van der Waals surface area (Å²) in [6.45, 7) is 4.15. The number of aryl methyl sites for hydroxylation is 2. The van der Waals surface area contributed by atoms with E-state index in [1.54, 1.807) is 12.5 Å². The minimum Gasteiger partial charge on any atom is -0.445 e. The first-order chi connectivity index (χ1) is 6.79. The molecule has 0 saturated heterocycles. The molecule has 1 aromatic carbocycles. The van der Waals surface area contributed by atoms with Crippen molar-refractivity contribution >= 4 is 0 Å². The SMILES string of the molecule is CCc1[c]c(C)cc(-c2ncco2)c1. The molecule has 0 aliphatic rings. The van der Waals surface area contributed by atoms with Crippen LogP contribution in [0, 0.1) is 13.0 Å². The average molecular weight is 186 g/mol. The highest BCUT2D eigenvalue weighted by atomic mass is 16.3. The molecule has 0 saturated carbocycles. The van der Waals surface area contributed by atoms with Crippen LogP contribution in [0.2, 0.25) is 0 Å². The van der Waals surface area contributed by atoms with Crippen molar-refractivity contribution in [2.24, 2.45) is 0 Å². The summed E-state index contributed by atoms with van der Waals surface area (Å²) in [4.78, 5) is 4.12. The molecule has 71 valence electrons. The maximum atomic E-state index is 5.25. The molecule has 0 atom stereocenters. The molecule has 2 aromatic rings. The van der Waals surface area contributed by atoms with Crippen molar-refractivity contribution in [3.63, 3.8) is 0 Å². The summed E-state index contributed by atoms with van der Waals surface area (Å²) < 4.78 is 5.25. The van der Waals surface area contributed by atoms with Crippen molar-refractivity contribution in [1.29, 1.82) is 0 Å². The highest BCUT2D eigenvalue weighted by Crippen LogP contribution is 2.20. The van der Waals surface area contributed by atoms with Crippen molar-refractivity contribution in [3.8, 4) is 11.5 Å². The fourth-order valence-corrected chi connectivity index (χ4v) is 1.47. The Bertz CT molecular complexity index is 418. The average Bonchev–Trinajstić information content (AvgIpc) is 2.69. The summed E-state index contributed by atoms with van der Waals surface area (Å²) >= 11 is 0. The molecule has 0 N–H and O–H groups in total. The van der Waals surface area contributed by atoms with Crippen LogP contribution in [0.5, 0.6) is 0 Å². The summed E-state index contributed by atoms with van der Waals surface area (Å²) in [5.41, 5.74) is 3.35. The second-order valence-electron chi connectivity index (χ2n) is 3.27. The van der Waals surface area contributed by atoms with E-state index in [2.05, 4.69) is 24.0 Å². The quantitative estimate of drug-likeness (QED) is 0.720. The van der Waals surface area contributed by atoms with Crippen molar-refractivity contribution in [1.82, 2.24) is 4.98 Å². The van der Waals surface area contributed by atoms with Gasteiger partial charge in [0, 0.05) is 5.56 Å². The molecule has 0 unspecified atom stereocenters. The smallest absolute Gasteiger partial charge is 0.225 e. The van der Waals surface area contributed by atoms with Gasteiger partial charge >= 0.3 is 0 Å². The van der Waals surface area contributed by atoms with Gasteiger partial charge in [-0.25, -0.2) is 4.98 Å². The maximum absolute atomic E-state index is 5.25. The Labute approximate surface area is 83.6 Å².